The van der Waals surface area contributed by atoms with E-state index in [0.29, 0.717) is 23.6 Å². The summed E-state index contributed by atoms with van der Waals surface area (Å²) < 4.78 is 0. The van der Waals surface area contributed by atoms with Crippen molar-refractivity contribution in [3.8, 4) is 0 Å². The Kier molecular flexibility index (Phi) is 4.95. The molecule has 0 saturated heterocycles. The lowest BCUT2D eigenvalue weighted by atomic mass is 9.94. The van der Waals surface area contributed by atoms with Gasteiger partial charge in [-0.3, -0.25) is 4.79 Å². The van der Waals surface area contributed by atoms with Gasteiger partial charge in [-0.25, -0.2) is 0 Å². The Morgan fingerprint density at radius 2 is 2.11 bits per heavy atom. The maximum atomic E-state index is 12.1. The van der Waals surface area contributed by atoms with E-state index < -0.39 is 5.60 Å². The van der Waals surface area contributed by atoms with Crippen molar-refractivity contribution < 1.29 is 9.90 Å². The first-order chi connectivity index (χ1) is 8.71. The first kappa shape index (κ1) is 15.5. The number of anilines is 1. The van der Waals surface area contributed by atoms with Gasteiger partial charge in [-0.2, -0.15) is 0 Å². The smallest absolute Gasteiger partial charge is 0.251 e. The van der Waals surface area contributed by atoms with Gasteiger partial charge in [0.1, 0.15) is 0 Å². The van der Waals surface area contributed by atoms with Gasteiger partial charge in [-0.15, -0.1) is 0 Å². The average Bonchev–Trinajstić information content (AvgIpc) is 2.27. The second-order valence-corrected chi connectivity index (χ2v) is 5.85. The normalized spacial score (nSPS) is 14.2. The summed E-state index contributed by atoms with van der Waals surface area (Å²) >= 11 is 0. The van der Waals surface area contributed by atoms with Crippen LogP contribution in [0.3, 0.4) is 0 Å². The van der Waals surface area contributed by atoms with Crippen LogP contribution in [0.25, 0.3) is 0 Å². The molecule has 1 unspecified atom stereocenters. The van der Waals surface area contributed by atoms with Crippen molar-refractivity contribution in [3.05, 3.63) is 29.3 Å². The van der Waals surface area contributed by atoms with Gasteiger partial charge in [-0.1, -0.05) is 19.9 Å². The summed E-state index contributed by atoms with van der Waals surface area (Å²) in [5.41, 5.74) is 6.78. The molecule has 0 saturated carbocycles. The lowest BCUT2D eigenvalue weighted by Crippen LogP contribution is -2.41. The Balaban J connectivity index is 2.68. The molecule has 0 aliphatic carbocycles. The highest BCUT2D eigenvalue weighted by atomic mass is 16.3. The lowest BCUT2D eigenvalue weighted by molar-refractivity contribution is 0.0368. The van der Waals surface area contributed by atoms with Crippen molar-refractivity contribution in [1.82, 2.24) is 5.32 Å². The average molecular weight is 264 g/mol. The molecule has 19 heavy (non-hydrogen) atoms. The summed E-state index contributed by atoms with van der Waals surface area (Å²) in [6.07, 6.45) is 0.642. The fourth-order valence-electron chi connectivity index (χ4n) is 2.20. The maximum absolute atomic E-state index is 12.1. The molecule has 1 amide bonds. The Hall–Kier alpha value is -1.55. The third-order valence-electron chi connectivity index (χ3n) is 2.98. The zero-order valence-corrected chi connectivity index (χ0v) is 12.2. The van der Waals surface area contributed by atoms with E-state index in [9.17, 15) is 9.90 Å². The van der Waals surface area contributed by atoms with E-state index in [1.165, 1.54) is 0 Å². The Morgan fingerprint density at radius 3 is 2.68 bits per heavy atom. The number of carbonyl (C=O) groups is 1. The monoisotopic (exact) mass is 264 g/mol. The van der Waals surface area contributed by atoms with E-state index in [1.54, 1.807) is 19.1 Å². The van der Waals surface area contributed by atoms with E-state index >= 15 is 0 Å². The molecule has 0 bridgehead atoms. The molecule has 0 radical (unpaired) electrons. The van der Waals surface area contributed by atoms with Crippen LogP contribution in [0.4, 0.5) is 5.69 Å². The summed E-state index contributed by atoms with van der Waals surface area (Å²) in [6.45, 7) is 7.91. The largest absolute Gasteiger partial charge is 0.399 e. The SMILES string of the molecule is Cc1ccc(N)cc1C(=O)NCC(C)(O)CC(C)C. The number of amides is 1. The van der Waals surface area contributed by atoms with E-state index in [-0.39, 0.29) is 12.5 Å². The molecule has 4 nitrogen and oxygen atoms in total. The Morgan fingerprint density at radius 1 is 1.47 bits per heavy atom. The zero-order chi connectivity index (χ0) is 14.6. The second kappa shape index (κ2) is 6.06. The summed E-state index contributed by atoms with van der Waals surface area (Å²) in [7, 11) is 0. The summed E-state index contributed by atoms with van der Waals surface area (Å²) in [5.74, 6) is 0.176. The van der Waals surface area contributed by atoms with E-state index in [1.807, 2.05) is 26.8 Å². The molecule has 0 heterocycles. The minimum atomic E-state index is -0.891. The highest BCUT2D eigenvalue weighted by Crippen LogP contribution is 2.16. The van der Waals surface area contributed by atoms with Crippen LogP contribution in [0, 0.1) is 12.8 Å². The molecule has 0 aromatic heterocycles. The molecule has 1 rings (SSSR count). The quantitative estimate of drug-likeness (QED) is 0.713. The Labute approximate surface area is 115 Å². The van der Waals surface area contributed by atoms with Crippen molar-refractivity contribution >= 4 is 11.6 Å². The number of nitrogens with one attached hydrogen (secondary N) is 1. The molecular weight excluding hydrogens is 240 g/mol. The van der Waals surface area contributed by atoms with Gasteiger partial charge in [0, 0.05) is 17.8 Å². The van der Waals surface area contributed by atoms with E-state index in [4.69, 9.17) is 5.73 Å². The van der Waals surface area contributed by atoms with Gasteiger partial charge in [0.05, 0.1) is 5.60 Å². The van der Waals surface area contributed by atoms with Crippen LogP contribution in [0.5, 0.6) is 0 Å². The number of aliphatic hydroxyl groups is 1. The minimum Gasteiger partial charge on any atom is -0.399 e. The van der Waals surface area contributed by atoms with Crippen molar-refractivity contribution in [1.29, 1.82) is 0 Å². The fraction of sp³-hybridized carbons (Fsp3) is 0.533. The number of hydrogen-bond acceptors (Lipinski definition) is 3. The standard InChI is InChI=1S/C15H24N2O2/c1-10(2)8-15(4,19)9-17-14(18)13-7-12(16)6-5-11(13)3/h5-7,10,19H,8-9,16H2,1-4H3,(H,17,18). The fourth-order valence-corrected chi connectivity index (χ4v) is 2.20. The van der Waals surface area contributed by atoms with Crippen LogP contribution in [-0.2, 0) is 0 Å². The predicted molar refractivity (Wildman–Crippen MR) is 78.0 cm³/mol. The van der Waals surface area contributed by atoms with Crippen molar-refractivity contribution in [3.63, 3.8) is 0 Å². The van der Waals surface area contributed by atoms with Crippen LogP contribution in [-0.4, -0.2) is 23.2 Å². The van der Waals surface area contributed by atoms with Crippen molar-refractivity contribution in [2.75, 3.05) is 12.3 Å². The van der Waals surface area contributed by atoms with Gasteiger partial charge in [0.25, 0.3) is 5.91 Å². The highest BCUT2D eigenvalue weighted by molar-refractivity contribution is 5.96. The molecule has 0 spiro atoms. The van der Waals surface area contributed by atoms with Crippen molar-refractivity contribution in [2.45, 2.75) is 39.7 Å². The molecule has 106 valence electrons. The molecule has 1 aromatic rings. The van der Waals surface area contributed by atoms with Crippen LogP contribution in [0.15, 0.2) is 18.2 Å². The molecule has 0 fully saturated rings. The number of benzene rings is 1. The van der Waals surface area contributed by atoms with Crippen molar-refractivity contribution in [2.24, 2.45) is 5.92 Å². The molecule has 1 aromatic carbocycles. The van der Waals surface area contributed by atoms with Gasteiger partial charge < -0.3 is 16.2 Å². The summed E-state index contributed by atoms with van der Waals surface area (Å²) in [4.78, 5) is 12.1. The first-order valence-electron chi connectivity index (χ1n) is 6.58. The van der Waals surface area contributed by atoms with E-state index in [0.717, 1.165) is 5.56 Å². The Bertz CT molecular complexity index is 453. The minimum absolute atomic E-state index is 0.200. The molecule has 0 aliphatic rings. The van der Waals surface area contributed by atoms with Crippen LogP contribution in [0.1, 0.15) is 43.1 Å². The summed E-state index contributed by atoms with van der Waals surface area (Å²) in [6, 6.07) is 5.24. The summed E-state index contributed by atoms with van der Waals surface area (Å²) in [5, 5.41) is 12.9. The predicted octanol–water partition coefficient (Wildman–Crippen LogP) is 2.10. The number of nitrogens with two attached hydrogens (primary N) is 1. The van der Waals surface area contributed by atoms with Gasteiger partial charge in [-0.05, 0) is 43.9 Å². The van der Waals surface area contributed by atoms with Gasteiger partial charge >= 0.3 is 0 Å². The van der Waals surface area contributed by atoms with Gasteiger partial charge in [0.2, 0.25) is 0 Å². The number of carbonyl (C=O) groups excluding carboxylic acids is 1. The number of aryl methyl sites for hydroxylation is 1. The second-order valence-electron chi connectivity index (χ2n) is 5.85. The van der Waals surface area contributed by atoms with E-state index in [2.05, 4.69) is 5.32 Å². The lowest BCUT2D eigenvalue weighted by Gasteiger charge is -2.25. The topological polar surface area (TPSA) is 75.4 Å². The number of rotatable bonds is 5. The maximum Gasteiger partial charge on any atom is 0.251 e. The molecule has 4 N–H and O–H groups in total. The third-order valence-corrected chi connectivity index (χ3v) is 2.98. The van der Waals surface area contributed by atoms with Crippen LogP contribution in [0.2, 0.25) is 0 Å². The molecule has 0 aliphatic heterocycles. The van der Waals surface area contributed by atoms with Gasteiger partial charge in [0.15, 0.2) is 0 Å². The molecule has 4 heteroatoms. The highest BCUT2D eigenvalue weighted by Gasteiger charge is 2.23. The van der Waals surface area contributed by atoms with Crippen LogP contribution >= 0.6 is 0 Å². The molecule has 1 atom stereocenters. The first-order valence-corrected chi connectivity index (χ1v) is 6.58. The van der Waals surface area contributed by atoms with Crippen LogP contribution < -0.4 is 11.1 Å². The number of nitrogen functional groups attached to an aromatic ring is 1. The third kappa shape index (κ3) is 4.91. The number of hydrogen-bond donors (Lipinski definition) is 3. The zero-order valence-electron chi connectivity index (χ0n) is 12.2. The molecular formula is C15H24N2O2.